The molecule has 0 saturated carbocycles. The molecule has 0 aliphatic rings. The third kappa shape index (κ3) is 2.50. The molecular weight excluding hydrogens is 248 g/mol. The standard InChI is InChI=1S/C17H18N2O/c1-4-13(3)19-16(10-9-15(11-18)17(19)20)14-7-5-12(2)6-8-14/h5-10,13H,4H2,1-3H3. The van der Waals surface area contributed by atoms with Crippen LogP contribution in [0.25, 0.3) is 11.3 Å². The van der Waals surface area contributed by atoms with Gasteiger partial charge < -0.3 is 4.57 Å². The molecule has 1 aromatic heterocycles. The van der Waals surface area contributed by atoms with E-state index in [0.29, 0.717) is 0 Å². The molecule has 3 heteroatoms. The van der Waals surface area contributed by atoms with Crippen LogP contribution in [0, 0.1) is 18.3 Å². The first-order chi connectivity index (χ1) is 9.58. The van der Waals surface area contributed by atoms with Gasteiger partial charge >= 0.3 is 0 Å². The van der Waals surface area contributed by atoms with Crippen LogP contribution in [0.2, 0.25) is 0 Å². The normalized spacial score (nSPS) is 11.9. The highest BCUT2D eigenvalue weighted by Crippen LogP contribution is 2.23. The molecule has 0 saturated heterocycles. The average Bonchev–Trinajstić information content (AvgIpc) is 2.47. The SMILES string of the molecule is CCC(C)n1c(-c2ccc(C)cc2)ccc(C#N)c1=O. The average molecular weight is 266 g/mol. The summed E-state index contributed by atoms with van der Waals surface area (Å²) in [5.74, 6) is 0. The second kappa shape index (κ2) is 5.75. The van der Waals surface area contributed by atoms with Gasteiger partial charge in [-0.2, -0.15) is 5.26 Å². The van der Waals surface area contributed by atoms with Crippen LogP contribution in [0.15, 0.2) is 41.2 Å². The van der Waals surface area contributed by atoms with Gasteiger partial charge in [0.25, 0.3) is 5.56 Å². The molecule has 0 N–H and O–H groups in total. The summed E-state index contributed by atoms with van der Waals surface area (Å²) in [5, 5.41) is 9.03. The highest BCUT2D eigenvalue weighted by atomic mass is 16.1. The number of rotatable bonds is 3. The Balaban J connectivity index is 2.70. The molecule has 0 bridgehead atoms. The molecule has 1 unspecified atom stereocenters. The van der Waals surface area contributed by atoms with Crippen molar-refractivity contribution in [3.8, 4) is 17.3 Å². The molecule has 2 rings (SSSR count). The van der Waals surface area contributed by atoms with Crippen molar-refractivity contribution in [1.29, 1.82) is 5.26 Å². The number of hydrogen-bond acceptors (Lipinski definition) is 2. The molecule has 0 aliphatic heterocycles. The summed E-state index contributed by atoms with van der Waals surface area (Å²) in [6.07, 6.45) is 0.841. The molecule has 20 heavy (non-hydrogen) atoms. The molecule has 102 valence electrons. The van der Waals surface area contributed by atoms with Crippen molar-refractivity contribution < 1.29 is 0 Å². The second-order valence-corrected chi connectivity index (χ2v) is 5.04. The van der Waals surface area contributed by atoms with E-state index in [4.69, 9.17) is 5.26 Å². The van der Waals surface area contributed by atoms with E-state index in [1.807, 2.05) is 57.2 Å². The maximum Gasteiger partial charge on any atom is 0.269 e. The zero-order chi connectivity index (χ0) is 14.7. The minimum atomic E-state index is -0.208. The van der Waals surface area contributed by atoms with Crippen LogP contribution in [-0.4, -0.2) is 4.57 Å². The summed E-state index contributed by atoms with van der Waals surface area (Å²) in [5.41, 5.74) is 3.03. The molecular formula is C17H18N2O. The summed E-state index contributed by atoms with van der Waals surface area (Å²) in [6.45, 7) is 6.07. The van der Waals surface area contributed by atoms with E-state index in [1.165, 1.54) is 5.56 Å². The van der Waals surface area contributed by atoms with Gasteiger partial charge in [-0.15, -0.1) is 0 Å². The number of nitriles is 1. The molecule has 3 nitrogen and oxygen atoms in total. The predicted molar refractivity (Wildman–Crippen MR) is 80.6 cm³/mol. The number of aromatic nitrogens is 1. The van der Waals surface area contributed by atoms with Crippen LogP contribution in [-0.2, 0) is 0 Å². The second-order valence-electron chi connectivity index (χ2n) is 5.04. The maximum absolute atomic E-state index is 12.4. The van der Waals surface area contributed by atoms with Crippen molar-refractivity contribution in [2.45, 2.75) is 33.2 Å². The first-order valence-corrected chi connectivity index (χ1v) is 6.81. The van der Waals surface area contributed by atoms with Crippen molar-refractivity contribution in [2.24, 2.45) is 0 Å². The van der Waals surface area contributed by atoms with E-state index in [2.05, 4.69) is 0 Å². The Bertz CT molecular complexity index is 705. The lowest BCUT2D eigenvalue weighted by Gasteiger charge is -2.19. The highest BCUT2D eigenvalue weighted by Gasteiger charge is 2.14. The fourth-order valence-electron chi connectivity index (χ4n) is 2.22. The number of benzene rings is 1. The van der Waals surface area contributed by atoms with Crippen molar-refractivity contribution in [3.63, 3.8) is 0 Å². The fourth-order valence-corrected chi connectivity index (χ4v) is 2.22. The Morgan fingerprint density at radius 3 is 2.40 bits per heavy atom. The van der Waals surface area contributed by atoms with Crippen molar-refractivity contribution in [3.05, 3.63) is 57.9 Å². The monoisotopic (exact) mass is 266 g/mol. The topological polar surface area (TPSA) is 45.8 Å². The van der Waals surface area contributed by atoms with Crippen molar-refractivity contribution >= 4 is 0 Å². The lowest BCUT2D eigenvalue weighted by atomic mass is 10.1. The van der Waals surface area contributed by atoms with E-state index in [1.54, 1.807) is 10.6 Å². The van der Waals surface area contributed by atoms with Gasteiger partial charge in [-0.25, -0.2) is 0 Å². The Labute approximate surface area is 119 Å². The van der Waals surface area contributed by atoms with Crippen molar-refractivity contribution in [1.82, 2.24) is 4.57 Å². The minimum absolute atomic E-state index is 0.0621. The molecule has 1 heterocycles. The van der Waals surface area contributed by atoms with E-state index in [0.717, 1.165) is 17.7 Å². The number of nitrogens with zero attached hydrogens (tertiary/aromatic N) is 2. The summed E-state index contributed by atoms with van der Waals surface area (Å²) < 4.78 is 1.73. The predicted octanol–water partition coefficient (Wildman–Crippen LogP) is 3.67. The van der Waals surface area contributed by atoms with Gasteiger partial charge in [-0.05, 0) is 38.0 Å². The first kappa shape index (κ1) is 14.1. The lowest BCUT2D eigenvalue weighted by molar-refractivity contribution is 0.519. The molecule has 0 fully saturated rings. The van der Waals surface area contributed by atoms with E-state index in [9.17, 15) is 4.79 Å². The summed E-state index contributed by atoms with van der Waals surface area (Å²) in [4.78, 5) is 12.4. The van der Waals surface area contributed by atoms with Gasteiger partial charge in [-0.1, -0.05) is 36.8 Å². The van der Waals surface area contributed by atoms with Crippen LogP contribution < -0.4 is 5.56 Å². The third-order valence-corrected chi connectivity index (χ3v) is 3.62. The van der Waals surface area contributed by atoms with Gasteiger partial charge in [0, 0.05) is 6.04 Å². The molecule has 0 amide bonds. The van der Waals surface area contributed by atoms with Gasteiger partial charge in [0.15, 0.2) is 0 Å². The number of pyridine rings is 1. The summed E-state index contributed by atoms with van der Waals surface area (Å²) >= 11 is 0. The lowest BCUT2D eigenvalue weighted by Crippen LogP contribution is -2.26. The molecule has 0 radical (unpaired) electrons. The fraction of sp³-hybridized carbons (Fsp3) is 0.294. The largest absolute Gasteiger partial charge is 0.304 e. The van der Waals surface area contributed by atoms with Crippen LogP contribution in [0.5, 0.6) is 0 Å². The zero-order valence-electron chi connectivity index (χ0n) is 12.1. The highest BCUT2D eigenvalue weighted by molar-refractivity contribution is 5.61. The molecule has 2 aromatic rings. The van der Waals surface area contributed by atoms with Crippen LogP contribution >= 0.6 is 0 Å². The number of hydrogen-bond donors (Lipinski definition) is 0. The maximum atomic E-state index is 12.4. The summed E-state index contributed by atoms with van der Waals surface area (Å²) in [7, 11) is 0. The quantitative estimate of drug-likeness (QED) is 0.851. The Morgan fingerprint density at radius 2 is 1.85 bits per heavy atom. The van der Waals surface area contributed by atoms with Gasteiger partial charge in [0.05, 0.1) is 5.69 Å². The minimum Gasteiger partial charge on any atom is -0.304 e. The van der Waals surface area contributed by atoms with Crippen LogP contribution in [0.1, 0.15) is 37.4 Å². The van der Waals surface area contributed by atoms with E-state index >= 15 is 0 Å². The van der Waals surface area contributed by atoms with E-state index < -0.39 is 0 Å². The molecule has 0 spiro atoms. The Morgan fingerprint density at radius 1 is 1.20 bits per heavy atom. The van der Waals surface area contributed by atoms with Crippen molar-refractivity contribution in [2.75, 3.05) is 0 Å². The van der Waals surface area contributed by atoms with Crippen LogP contribution in [0.3, 0.4) is 0 Å². The van der Waals surface area contributed by atoms with E-state index in [-0.39, 0.29) is 17.2 Å². The smallest absolute Gasteiger partial charge is 0.269 e. The van der Waals surface area contributed by atoms with Gasteiger partial charge in [-0.3, -0.25) is 4.79 Å². The van der Waals surface area contributed by atoms with Gasteiger partial charge in [0.1, 0.15) is 11.6 Å². The molecule has 1 atom stereocenters. The zero-order valence-corrected chi connectivity index (χ0v) is 12.1. The van der Waals surface area contributed by atoms with Crippen LogP contribution in [0.4, 0.5) is 0 Å². The van der Waals surface area contributed by atoms with Gasteiger partial charge in [0.2, 0.25) is 0 Å². The summed E-state index contributed by atoms with van der Waals surface area (Å²) in [6, 6.07) is 13.6. The Hall–Kier alpha value is -2.34. The Kier molecular flexibility index (Phi) is 4.05. The number of aryl methyl sites for hydroxylation is 1. The first-order valence-electron chi connectivity index (χ1n) is 6.81. The molecule has 0 aliphatic carbocycles. The third-order valence-electron chi connectivity index (χ3n) is 3.62. The molecule has 1 aromatic carbocycles.